The van der Waals surface area contributed by atoms with Gasteiger partial charge in [0.1, 0.15) is 17.0 Å². The molecule has 5 aromatic rings. The number of halogens is 2. The number of hydrogen-bond donors (Lipinski definition) is 3. The molecule has 1 unspecified atom stereocenters. The number of alkyl halides is 2. The maximum atomic E-state index is 15.9. The Labute approximate surface area is 416 Å². The molecule has 4 saturated heterocycles. The number of aliphatic hydroxyl groups is 1. The van der Waals surface area contributed by atoms with Crippen molar-refractivity contribution in [1.82, 2.24) is 44.3 Å². The van der Waals surface area contributed by atoms with Crippen molar-refractivity contribution in [2.75, 3.05) is 80.6 Å². The number of hydrogen-bond acceptors (Lipinski definition) is 13. The van der Waals surface area contributed by atoms with Crippen LogP contribution in [0.1, 0.15) is 79.9 Å². The van der Waals surface area contributed by atoms with E-state index in [1.165, 1.54) is 6.20 Å². The quantitative estimate of drug-likeness (QED) is 0.120. The van der Waals surface area contributed by atoms with Crippen LogP contribution in [-0.2, 0) is 28.3 Å². The van der Waals surface area contributed by atoms with Crippen molar-refractivity contribution >= 4 is 51.8 Å². The van der Waals surface area contributed by atoms with Crippen molar-refractivity contribution in [3.63, 3.8) is 0 Å². The highest BCUT2D eigenvalue weighted by molar-refractivity contribution is 6.05. The summed E-state index contributed by atoms with van der Waals surface area (Å²) in [5.41, 5.74) is 3.78. The van der Waals surface area contributed by atoms with Crippen LogP contribution in [0.3, 0.4) is 0 Å². The number of piperazine rings is 1. The lowest BCUT2D eigenvalue weighted by molar-refractivity contribution is -0.136. The number of carbonyl (C=O) groups is 3. The van der Waals surface area contributed by atoms with Crippen LogP contribution in [0.5, 0.6) is 0 Å². The Morgan fingerprint density at radius 3 is 2.35 bits per heavy atom. The van der Waals surface area contributed by atoms with E-state index in [0.29, 0.717) is 124 Å². The molecule has 4 fully saturated rings. The van der Waals surface area contributed by atoms with Gasteiger partial charge in [-0.25, -0.2) is 28.1 Å². The number of nitrogens with one attached hydrogen (secondary N) is 2. The van der Waals surface area contributed by atoms with Crippen molar-refractivity contribution in [1.29, 1.82) is 0 Å². The van der Waals surface area contributed by atoms with E-state index in [0.717, 1.165) is 55.1 Å². The number of fused-ring (bicyclic) bond motifs is 7. The fraction of sp³-hybridized carbons (Fsp3) is 0.491. The van der Waals surface area contributed by atoms with Crippen LogP contribution < -0.4 is 26.0 Å². The molecule has 2 atom stereocenters. The van der Waals surface area contributed by atoms with Gasteiger partial charge in [-0.15, -0.1) is 0 Å². The predicted molar refractivity (Wildman–Crippen MR) is 269 cm³/mol. The van der Waals surface area contributed by atoms with E-state index in [9.17, 15) is 24.3 Å². The summed E-state index contributed by atoms with van der Waals surface area (Å²) in [6.07, 6.45) is 10.0. The summed E-state index contributed by atoms with van der Waals surface area (Å²) in [5.74, 6) is -3.02. The topological polar surface area (TPSA) is 177 Å². The smallest absolute Gasteiger partial charge is 0.278 e. The van der Waals surface area contributed by atoms with E-state index in [2.05, 4.69) is 36.4 Å². The average molecular weight is 985 g/mol. The minimum Gasteiger partial charge on any atom is -0.384 e. The summed E-state index contributed by atoms with van der Waals surface area (Å²) in [7, 11) is 0. The number of piperidine rings is 3. The second-order valence-corrected chi connectivity index (χ2v) is 20.7. The van der Waals surface area contributed by atoms with E-state index in [1.54, 1.807) is 33.3 Å². The number of anilines is 4. The number of imide groups is 1. The van der Waals surface area contributed by atoms with Gasteiger partial charge >= 0.3 is 0 Å². The fourth-order valence-electron chi connectivity index (χ4n) is 11.6. The SMILES string of the molecule is C[C@@]1(O)CC/C=C\Cn2c(=O)c3cnc(Nc4ccc(N5CCN(CC(F)(F)C6CCN(CC7CCN(c8ccc9c(c8)C(=O)N(C8CCC(=O)NC8=O)C9)CC7)CC6)CC5)cc4)nc3n2-c2cccc1n2. The Kier molecular flexibility index (Phi) is 12.9. The monoisotopic (exact) mass is 984 g/mol. The molecule has 0 aliphatic carbocycles. The molecule has 72 heavy (non-hydrogen) atoms. The average Bonchev–Trinajstić information content (AvgIpc) is 3.85. The van der Waals surface area contributed by atoms with E-state index in [-0.39, 0.29) is 30.3 Å². The third kappa shape index (κ3) is 9.61. The molecule has 3 aromatic heterocycles. The minimum atomic E-state index is -2.77. The lowest BCUT2D eigenvalue weighted by Gasteiger charge is -2.42. The van der Waals surface area contributed by atoms with Crippen molar-refractivity contribution in [2.45, 2.75) is 88.9 Å². The van der Waals surface area contributed by atoms with Crippen molar-refractivity contribution < 1.29 is 28.3 Å². The Hall–Kier alpha value is -6.57. The number of allylic oxidation sites excluding steroid dienone is 2. The summed E-state index contributed by atoms with van der Waals surface area (Å²) in [5, 5.41) is 17.2. The van der Waals surface area contributed by atoms with Crippen molar-refractivity contribution in [3.05, 3.63) is 106 Å². The first kappa shape index (κ1) is 47.7. The lowest BCUT2D eigenvalue weighted by Crippen LogP contribution is -2.53. The number of amides is 3. The number of rotatable bonds is 10. The van der Waals surface area contributed by atoms with Gasteiger partial charge in [0.05, 0.1) is 18.8 Å². The van der Waals surface area contributed by atoms with Crippen LogP contribution in [0.15, 0.2) is 83.8 Å². The van der Waals surface area contributed by atoms with Crippen LogP contribution in [0, 0.1) is 11.8 Å². The summed E-state index contributed by atoms with van der Waals surface area (Å²) in [6, 6.07) is 18.6. The second kappa shape index (κ2) is 19.5. The van der Waals surface area contributed by atoms with Crippen LogP contribution in [-0.4, -0.2) is 139 Å². The molecule has 0 radical (unpaired) electrons. The summed E-state index contributed by atoms with van der Waals surface area (Å²) in [4.78, 5) is 75.6. The van der Waals surface area contributed by atoms with Crippen LogP contribution in [0.4, 0.5) is 31.8 Å². The van der Waals surface area contributed by atoms with E-state index >= 15 is 8.78 Å². The second-order valence-electron chi connectivity index (χ2n) is 20.7. The van der Waals surface area contributed by atoms with Gasteiger partial charge in [0, 0.05) is 93.5 Å². The number of pyridine rings is 1. The van der Waals surface area contributed by atoms with Crippen LogP contribution >= 0.6 is 0 Å². The number of likely N-dealkylation sites (tertiary alicyclic amines) is 1. The Bertz CT molecular complexity index is 2950. The third-order valence-electron chi connectivity index (χ3n) is 15.9. The highest BCUT2D eigenvalue weighted by atomic mass is 19.3. The van der Waals surface area contributed by atoms with E-state index in [4.69, 9.17) is 9.97 Å². The molecule has 17 nitrogen and oxygen atoms in total. The Balaban J connectivity index is 0.633. The van der Waals surface area contributed by atoms with E-state index in [1.807, 2.05) is 59.5 Å². The summed E-state index contributed by atoms with van der Waals surface area (Å²) >= 11 is 0. The van der Waals surface area contributed by atoms with Gasteiger partial charge in [0.25, 0.3) is 17.4 Å². The fourth-order valence-corrected chi connectivity index (χ4v) is 11.6. The summed E-state index contributed by atoms with van der Waals surface area (Å²) < 4.78 is 35.1. The van der Waals surface area contributed by atoms with Gasteiger partial charge < -0.3 is 30.0 Å². The standard InChI is InChI=1S/C53H62F2N12O5/c1-52(72)20-3-2-4-21-66-50(71)42-31-56-51(60-47(42)67(66)45-7-5-6-44(52)58-45)57-38-9-12-39(13-10-38)64-28-26-62(27-29-64)34-53(54,55)37-18-22-61(23-19-37)32-35-16-24-63(25-17-35)40-11-8-36-33-65(49(70)41(36)30-40)43-14-15-46(68)59-48(43)69/h2,4-13,30-31,35,37,43,72H,3,14-29,32-34H2,1H3,(H,56,57,60)(H,59,68,69)/b4-2-/t43?,52-/m1/s1. The number of benzene rings is 2. The minimum absolute atomic E-state index is 0.166. The molecule has 6 aliphatic rings. The molecular weight excluding hydrogens is 923 g/mol. The van der Waals surface area contributed by atoms with Crippen molar-refractivity contribution in [3.8, 4) is 5.82 Å². The van der Waals surface area contributed by atoms with Gasteiger partial charge in [-0.05, 0) is 125 Å². The van der Waals surface area contributed by atoms with Crippen LogP contribution in [0.2, 0.25) is 0 Å². The molecule has 9 heterocycles. The first-order chi connectivity index (χ1) is 34.8. The van der Waals surface area contributed by atoms with Gasteiger partial charge in [0.2, 0.25) is 17.8 Å². The molecule has 6 aliphatic heterocycles. The van der Waals surface area contributed by atoms with Gasteiger partial charge in [-0.3, -0.25) is 29.4 Å². The first-order valence-corrected chi connectivity index (χ1v) is 25.6. The van der Waals surface area contributed by atoms with E-state index < -0.39 is 29.4 Å². The first-order valence-electron chi connectivity index (χ1n) is 25.6. The highest BCUT2D eigenvalue weighted by Gasteiger charge is 2.44. The molecule has 378 valence electrons. The third-order valence-corrected chi connectivity index (χ3v) is 15.9. The Morgan fingerprint density at radius 1 is 0.833 bits per heavy atom. The van der Waals surface area contributed by atoms with Gasteiger partial charge in [-0.2, -0.15) is 4.98 Å². The molecule has 3 amide bonds. The lowest BCUT2D eigenvalue weighted by atomic mass is 9.88. The number of aromatic nitrogens is 5. The normalized spacial score (nSPS) is 23.5. The Morgan fingerprint density at radius 2 is 1.58 bits per heavy atom. The number of carbonyl (C=O) groups excluding carboxylic acids is 3. The predicted octanol–water partition coefficient (Wildman–Crippen LogP) is 5.43. The highest BCUT2D eigenvalue weighted by Crippen LogP contribution is 2.37. The largest absolute Gasteiger partial charge is 0.384 e. The maximum absolute atomic E-state index is 15.9. The molecule has 0 spiro atoms. The molecule has 19 heteroatoms. The maximum Gasteiger partial charge on any atom is 0.278 e. The molecule has 2 bridgehead atoms. The molecule has 3 N–H and O–H groups in total. The van der Waals surface area contributed by atoms with Gasteiger partial charge in [0.15, 0.2) is 11.5 Å². The van der Waals surface area contributed by atoms with Gasteiger partial charge in [-0.1, -0.05) is 24.3 Å². The van der Waals surface area contributed by atoms with Crippen molar-refractivity contribution in [2.24, 2.45) is 11.8 Å². The zero-order valence-corrected chi connectivity index (χ0v) is 40.7. The zero-order valence-electron chi connectivity index (χ0n) is 40.7. The molecule has 0 saturated carbocycles. The van der Waals surface area contributed by atoms with Crippen LogP contribution in [0.25, 0.3) is 16.9 Å². The molecule has 2 aromatic carbocycles. The number of nitrogens with zero attached hydrogens (tertiary/aromatic N) is 10. The summed E-state index contributed by atoms with van der Waals surface area (Å²) in [6.45, 7) is 8.56. The molecular formula is C53H62F2N12O5. The molecule has 11 rings (SSSR count). The zero-order chi connectivity index (χ0) is 49.7.